The summed E-state index contributed by atoms with van der Waals surface area (Å²) in [5, 5.41) is 0.709. The van der Waals surface area contributed by atoms with E-state index in [0.717, 1.165) is 12.1 Å². The van der Waals surface area contributed by atoms with Crippen molar-refractivity contribution in [3.63, 3.8) is 0 Å². The van der Waals surface area contributed by atoms with Crippen LogP contribution in [0.5, 0.6) is 11.5 Å². The zero-order valence-electron chi connectivity index (χ0n) is 13.1. The van der Waals surface area contributed by atoms with Crippen molar-refractivity contribution < 1.29 is 18.7 Å². The molecule has 0 unspecified atom stereocenters. The molecular weight excluding hydrogens is 378 g/mol. The maximum Gasteiger partial charge on any atom is 0.341 e. The first-order valence-corrected chi connectivity index (χ1v) is 8.05. The quantitative estimate of drug-likeness (QED) is 0.558. The first-order valence-electron chi connectivity index (χ1n) is 6.92. The molecular formula is C17H14Cl3FO3. The highest BCUT2D eigenvalue weighted by atomic mass is 35.5. The van der Waals surface area contributed by atoms with Gasteiger partial charge in [-0.15, -0.1) is 0 Å². The summed E-state index contributed by atoms with van der Waals surface area (Å²) >= 11 is 17.8. The van der Waals surface area contributed by atoms with Crippen LogP contribution in [0.3, 0.4) is 0 Å². The zero-order chi connectivity index (χ0) is 18.1. The third-order valence-electron chi connectivity index (χ3n) is 2.76. The fraction of sp³-hybridized carbons (Fsp3) is 0.235. The highest BCUT2D eigenvalue weighted by Crippen LogP contribution is 2.34. The number of carbonyl (C=O) groups excluding carboxylic acids is 1. The Bertz CT molecular complexity index is 785. The van der Waals surface area contributed by atoms with Crippen LogP contribution in [0.2, 0.25) is 15.1 Å². The number of ether oxygens (including phenoxy) is 2. The van der Waals surface area contributed by atoms with Crippen molar-refractivity contribution in [3.8, 4) is 11.5 Å². The van der Waals surface area contributed by atoms with Crippen molar-refractivity contribution in [3.05, 3.63) is 56.8 Å². The van der Waals surface area contributed by atoms with E-state index in [9.17, 15) is 9.18 Å². The molecule has 0 aliphatic heterocycles. The van der Waals surface area contributed by atoms with Crippen molar-refractivity contribution in [1.82, 2.24) is 0 Å². The van der Waals surface area contributed by atoms with Gasteiger partial charge in [0.15, 0.2) is 0 Å². The lowest BCUT2D eigenvalue weighted by Crippen LogP contribution is -2.24. The molecule has 2 aromatic rings. The van der Waals surface area contributed by atoms with Gasteiger partial charge >= 0.3 is 5.97 Å². The van der Waals surface area contributed by atoms with Crippen LogP contribution in [0.15, 0.2) is 30.3 Å². The fourth-order valence-corrected chi connectivity index (χ4v) is 2.25. The first-order chi connectivity index (χ1) is 11.1. The molecule has 0 aromatic heterocycles. The molecule has 0 saturated heterocycles. The second-order valence-electron chi connectivity index (χ2n) is 5.94. The smallest absolute Gasteiger partial charge is 0.341 e. The van der Waals surface area contributed by atoms with E-state index in [-0.39, 0.29) is 21.4 Å². The molecule has 0 amide bonds. The fourth-order valence-electron chi connectivity index (χ4n) is 1.76. The van der Waals surface area contributed by atoms with Crippen LogP contribution in [-0.4, -0.2) is 11.6 Å². The molecule has 0 saturated carbocycles. The van der Waals surface area contributed by atoms with E-state index in [2.05, 4.69) is 0 Å². The average Bonchev–Trinajstić information content (AvgIpc) is 2.44. The second-order valence-corrected chi connectivity index (χ2v) is 7.16. The standard InChI is InChI=1S/C17H14Cl3FO3/c1-17(2,3)24-16(22)10-7-13(20)15(8-14(10)21)23-9-4-5-11(18)12(19)6-9/h4-8H,1-3H3. The molecule has 0 radical (unpaired) electrons. The molecule has 0 atom stereocenters. The molecule has 0 aliphatic rings. The van der Waals surface area contributed by atoms with Gasteiger partial charge in [0.1, 0.15) is 22.9 Å². The lowest BCUT2D eigenvalue weighted by Gasteiger charge is -2.20. The Morgan fingerprint density at radius 3 is 2.25 bits per heavy atom. The number of halogens is 4. The summed E-state index contributed by atoms with van der Waals surface area (Å²) < 4.78 is 24.8. The normalized spacial score (nSPS) is 11.3. The van der Waals surface area contributed by atoms with Crippen molar-refractivity contribution in [2.45, 2.75) is 26.4 Å². The molecule has 3 nitrogen and oxygen atoms in total. The van der Waals surface area contributed by atoms with E-state index in [1.165, 1.54) is 6.07 Å². The Kier molecular flexibility index (Phi) is 5.63. The third kappa shape index (κ3) is 4.76. The van der Waals surface area contributed by atoms with Crippen LogP contribution in [-0.2, 0) is 4.74 Å². The van der Waals surface area contributed by atoms with Crippen molar-refractivity contribution in [2.75, 3.05) is 0 Å². The zero-order valence-corrected chi connectivity index (χ0v) is 15.4. The van der Waals surface area contributed by atoms with Gasteiger partial charge in [-0.3, -0.25) is 0 Å². The number of hydrogen-bond donors (Lipinski definition) is 0. The molecule has 0 fully saturated rings. The van der Waals surface area contributed by atoms with E-state index < -0.39 is 17.4 Å². The molecule has 0 bridgehead atoms. The van der Waals surface area contributed by atoms with E-state index in [1.54, 1.807) is 32.9 Å². The van der Waals surface area contributed by atoms with Crippen LogP contribution < -0.4 is 4.74 Å². The molecule has 2 aromatic carbocycles. The molecule has 0 spiro atoms. The summed E-state index contributed by atoms with van der Waals surface area (Å²) in [6.45, 7) is 5.06. The summed E-state index contributed by atoms with van der Waals surface area (Å²) in [5.74, 6) is -1.23. The molecule has 0 aliphatic carbocycles. The monoisotopic (exact) mass is 390 g/mol. The highest BCUT2D eigenvalue weighted by Gasteiger charge is 2.22. The van der Waals surface area contributed by atoms with Crippen molar-refractivity contribution in [1.29, 1.82) is 0 Å². The van der Waals surface area contributed by atoms with Crippen LogP contribution in [0.1, 0.15) is 31.1 Å². The molecule has 0 heterocycles. The third-order valence-corrected chi connectivity index (χ3v) is 3.79. The Balaban J connectivity index is 2.29. The summed E-state index contributed by atoms with van der Waals surface area (Å²) in [7, 11) is 0. The topological polar surface area (TPSA) is 35.5 Å². The first kappa shape index (κ1) is 18.8. The Morgan fingerprint density at radius 2 is 1.67 bits per heavy atom. The van der Waals surface area contributed by atoms with Gasteiger partial charge in [-0.05, 0) is 39.0 Å². The number of carbonyl (C=O) groups is 1. The van der Waals surface area contributed by atoms with Crippen molar-refractivity contribution >= 4 is 40.8 Å². The van der Waals surface area contributed by atoms with Gasteiger partial charge in [0, 0.05) is 12.1 Å². The van der Waals surface area contributed by atoms with Gasteiger partial charge in [0.05, 0.1) is 20.6 Å². The molecule has 7 heteroatoms. The van der Waals surface area contributed by atoms with Gasteiger partial charge in [-0.25, -0.2) is 9.18 Å². The van der Waals surface area contributed by atoms with E-state index >= 15 is 0 Å². The van der Waals surface area contributed by atoms with E-state index in [1.807, 2.05) is 0 Å². The van der Waals surface area contributed by atoms with E-state index in [4.69, 9.17) is 44.3 Å². The number of esters is 1. The van der Waals surface area contributed by atoms with Gasteiger partial charge < -0.3 is 9.47 Å². The number of benzene rings is 2. The van der Waals surface area contributed by atoms with Crippen LogP contribution in [0.4, 0.5) is 4.39 Å². The summed E-state index contributed by atoms with van der Waals surface area (Å²) in [6.07, 6.45) is 0. The number of rotatable bonds is 3. The Morgan fingerprint density at radius 1 is 1.00 bits per heavy atom. The van der Waals surface area contributed by atoms with Gasteiger partial charge in [-0.1, -0.05) is 34.8 Å². The van der Waals surface area contributed by atoms with E-state index in [0.29, 0.717) is 10.8 Å². The van der Waals surface area contributed by atoms with Crippen molar-refractivity contribution in [2.24, 2.45) is 0 Å². The predicted octanol–water partition coefficient (Wildman–Crippen LogP) is 6.53. The van der Waals surface area contributed by atoms with Gasteiger partial charge in [0.25, 0.3) is 0 Å². The maximum absolute atomic E-state index is 14.2. The minimum Gasteiger partial charge on any atom is -0.456 e. The van der Waals surface area contributed by atoms with Crippen LogP contribution in [0, 0.1) is 5.82 Å². The van der Waals surface area contributed by atoms with Gasteiger partial charge in [-0.2, -0.15) is 0 Å². The molecule has 128 valence electrons. The average molecular weight is 392 g/mol. The molecule has 24 heavy (non-hydrogen) atoms. The Hall–Kier alpha value is -1.49. The second kappa shape index (κ2) is 7.18. The lowest BCUT2D eigenvalue weighted by molar-refractivity contribution is 0.00647. The SMILES string of the molecule is CC(C)(C)OC(=O)c1cc(Cl)c(Oc2ccc(Cl)c(Cl)c2)cc1F. The minimum atomic E-state index is -0.803. The van der Waals surface area contributed by atoms with Crippen LogP contribution >= 0.6 is 34.8 Å². The lowest BCUT2D eigenvalue weighted by atomic mass is 10.1. The number of hydrogen-bond acceptors (Lipinski definition) is 3. The summed E-state index contributed by atoms with van der Waals surface area (Å²) in [6, 6.07) is 6.75. The molecule has 0 N–H and O–H groups in total. The van der Waals surface area contributed by atoms with Crippen LogP contribution in [0.25, 0.3) is 0 Å². The highest BCUT2D eigenvalue weighted by molar-refractivity contribution is 6.42. The van der Waals surface area contributed by atoms with Gasteiger partial charge in [0.2, 0.25) is 0 Å². The molecule has 2 rings (SSSR count). The summed E-state index contributed by atoms with van der Waals surface area (Å²) in [5.41, 5.74) is -1.01. The summed E-state index contributed by atoms with van der Waals surface area (Å²) in [4.78, 5) is 12.0. The Labute approximate surface area is 154 Å². The minimum absolute atomic E-state index is 0.0415. The maximum atomic E-state index is 14.2. The largest absolute Gasteiger partial charge is 0.456 e. The predicted molar refractivity (Wildman–Crippen MR) is 93.1 cm³/mol.